The molecular formula is C15H19N5O5S. The van der Waals surface area contributed by atoms with Crippen molar-refractivity contribution in [2.75, 3.05) is 18.0 Å². The highest BCUT2D eigenvalue weighted by molar-refractivity contribution is 7.75. The topological polar surface area (TPSA) is 146 Å². The van der Waals surface area contributed by atoms with Crippen LogP contribution in [0.2, 0.25) is 0 Å². The summed E-state index contributed by atoms with van der Waals surface area (Å²) in [6.07, 6.45) is 0.432. The first-order valence-corrected chi connectivity index (χ1v) is 8.10. The molecule has 10 nitrogen and oxygen atoms in total. The number of amides is 3. The van der Waals surface area contributed by atoms with E-state index in [1.807, 2.05) is 0 Å². The van der Waals surface area contributed by atoms with E-state index in [1.165, 1.54) is 0 Å². The van der Waals surface area contributed by atoms with Crippen LogP contribution < -0.4 is 21.3 Å². The van der Waals surface area contributed by atoms with Crippen LogP contribution in [0, 0.1) is 0 Å². The highest BCUT2D eigenvalue weighted by atomic mass is 32.1. The number of nitrogens with two attached hydrogens (primary N) is 1. The molecule has 3 amide bonds. The molecule has 11 heteroatoms. The lowest BCUT2D eigenvalue weighted by Crippen LogP contribution is -2.46. The number of anilines is 1. The van der Waals surface area contributed by atoms with Crippen LogP contribution in [-0.2, 0) is 13.8 Å². The fourth-order valence-electron chi connectivity index (χ4n) is 2.47. The molecule has 0 aliphatic carbocycles. The normalized spacial score (nSPS) is 17.1. The average Bonchev–Trinajstić information content (AvgIpc) is 3.01. The van der Waals surface area contributed by atoms with Gasteiger partial charge in [-0.3, -0.25) is 9.59 Å². The van der Waals surface area contributed by atoms with E-state index >= 15 is 0 Å². The van der Waals surface area contributed by atoms with Gasteiger partial charge in [-0.05, 0) is 30.7 Å². The molecule has 26 heavy (non-hydrogen) atoms. The summed E-state index contributed by atoms with van der Waals surface area (Å²) in [4.78, 5) is 36.7. The van der Waals surface area contributed by atoms with Gasteiger partial charge in [0.05, 0.1) is 6.42 Å². The van der Waals surface area contributed by atoms with Crippen LogP contribution in [0.1, 0.15) is 18.4 Å². The van der Waals surface area contributed by atoms with Crippen LogP contribution >= 0.6 is 12.9 Å². The number of rotatable bonds is 6. The molecule has 0 unspecified atom stereocenters. The van der Waals surface area contributed by atoms with E-state index in [0.29, 0.717) is 24.2 Å². The molecule has 0 saturated carbocycles. The number of hydrogen-bond acceptors (Lipinski definition) is 7. The van der Waals surface area contributed by atoms with Crippen molar-refractivity contribution in [2.45, 2.75) is 18.9 Å². The molecule has 0 bridgehead atoms. The van der Waals surface area contributed by atoms with Crippen LogP contribution in [-0.4, -0.2) is 48.1 Å². The van der Waals surface area contributed by atoms with E-state index in [2.05, 4.69) is 32.9 Å². The van der Waals surface area contributed by atoms with E-state index in [4.69, 9.17) is 10.9 Å². The summed E-state index contributed by atoms with van der Waals surface area (Å²) in [5, 5.41) is 16.6. The molecule has 1 aromatic carbocycles. The molecular weight excluding hydrogens is 362 g/mol. The Morgan fingerprint density at radius 2 is 2.08 bits per heavy atom. The van der Waals surface area contributed by atoms with E-state index in [9.17, 15) is 14.4 Å². The Morgan fingerprint density at radius 3 is 2.69 bits per heavy atom. The van der Waals surface area contributed by atoms with Crippen LogP contribution in [0.4, 0.5) is 10.5 Å². The maximum absolute atomic E-state index is 12.5. The third kappa shape index (κ3) is 4.79. The number of urea groups is 1. The molecule has 1 aliphatic heterocycles. The second kappa shape index (κ2) is 8.94. The Balaban J connectivity index is 1.89. The molecule has 1 aliphatic rings. The SMILES string of the molecule is N/C(=N\O)c1ccc(N2CC[C@H](NC(=O)NCCC(=O)OS)C2=O)cc1. The van der Waals surface area contributed by atoms with Crippen molar-refractivity contribution in [3.05, 3.63) is 29.8 Å². The Hall–Kier alpha value is -2.95. The molecule has 5 N–H and O–H groups in total. The Labute approximate surface area is 155 Å². The van der Waals surface area contributed by atoms with E-state index in [1.54, 1.807) is 29.2 Å². The van der Waals surface area contributed by atoms with Gasteiger partial charge in [-0.25, -0.2) is 4.79 Å². The Morgan fingerprint density at radius 1 is 1.38 bits per heavy atom. The Bertz CT molecular complexity index is 709. The lowest BCUT2D eigenvalue weighted by atomic mass is 10.2. The third-order valence-corrected chi connectivity index (χ3v) is 4.01. The fourth-order valence-corrected chi connectivity index (χ4v) is 2.56. The van der Waals surface area contributed by atoms with Gasteiger partial charge in [0.25, 0.3) is 0 Å². The van der Waals surface area contributed by atoms with Gasteiger partial charge in [-0.2, -0.15) is 0 Å². The predicted molar refractivity (Wildman–Crippen MR) is 95.9 cm³/mol. The van der Waals surface area contributed by atoms with Crippen molar-refractivity contribution in [1.29, 1.82) is 0 Å². The van der Waals surface area contributed by atoms with Gasteiger partial charge in [-0.1, -0.05) is 5.16 Å². The fraction of sp³-hybridized carbons (Fsp3) is 0.333. The summed E-state index contributed by atoms with van der Waals surface area (Å²) < 4.78 is 4.17. The highest BCUT2D eigenvalue weighted by Gasteiger charge is 2.33. The summed E-state index contributed by atoms with van der Waals surface area (Å²) in [6.45, 7) is 0.518. The molecule has 1 fully saturated rings. The first-order chi connectivity index (χ1) is 12.5. The number of amidine groups is 1. The number of oxime groups is 1. The second-order valence-corrected chi connectivity index (χ2v) is 5.66. The van der Waals surface area contributed by atoms with Crippen LogP contribution in [0.3, 0.4) is 0 Å². The van der Waals surface area contributed by atoms with E-state index < -0.39 is 18.0 Å². The quantitative estimate of drug-likeness (QED) is 0.117. The highest BCUT2D eigenvalue weighted by Crippen LogP contribution is 2.22. The molecule has 1 saturated heterocycles. The molecule has 0 radical (unpaired) electrons. The number of carbonyl (C=O) groups excluding carboxylic acids is 3. The summed E-state index contributed by atoms with van der Waals surface area (Å²) in [6, 6.07) is 5.42. The van der Waals surface area contributed by atoms with Gasteiger partial charge in [0, 0.05) is 37.3 Å². The van der Waals surface area contributed by atoms with Crippen LogP contribution in [0.25, 0.3) is 0 Å². The zero-order valence-corrected chi connectivity index (χ0v) is 14.6. The van der Waals surface area contributed by atoms with E-state index in [0.717, 1.165) is 0 Å². The van der Waals surface area contributed by atoms with Crippen molar-refractivity contribution in [2.24, 2.45) is 10.9 Å². The number of nitrogens with zero attached hydrogens (tertiary/aromatic N) is 2. The number of hydrogen-bond donors (Lipinski definition) is 5. The summed E-state index contributed by atoms with van der Waals surface area (Å²) in [5.41, 5.74) is 6.67. The Kier molecular flexibility index (Phi) is 6.67. The molecule has 2 rings (SSSR count). The molecule has 0 spiro atoms. The lowest BCUT2D eigenvalue weighted by molar-refractivity contribution is -0.132. The third-order valence-electron chi connectivity index (χ3n) is 3.81. The first kappa shape index (κ1) is 19.4. The van der Waals surface area contributed by atoms with Gasteiger partial charge in [0.15, 0.2) is 5.84 Å². The summed E-state index contributed by atoms with van der Waals surface area (Å²) in [5.74, 6) is -0.833. The minimum absolute atomic E-state index is 0.0196. The second-order valence-electron chi connectivity index (χ2n) is 5.48. The summed E-state index contributed by atoms with van der Waals surface area (Å²) >= 11 is 3.36. The standard InChI is InChI=1S/C15H19N5O5S/c16-13(19-24)9-1-3-10(4-2-9)20-8-6-11(14(20)22)18-15(23)17-7-5-12(21)25-26/h1-4,11,24,26H,5-8H2,(H2,16,19)(H2,17,18,23)/t11-/m0/s1. The van der Waals surface area contributed by atoms with Crippen LogP contribution in [0.5, 0.6) is 0 Å². The number of nitrogens with one attached hydrogen (secondary N) is 2. The molecule has 1 aromatic rings. The minimum atomic E-state index is -0.657. The predicted octanol–water partition coefficient (Wildman–Crippen LogP) is -0.0363. The van der Waals surface area contributed by atoms with Gasteiger partial charge in [0.2, 0.25) is 5.91 Å². The van der Waals surface area contributed by atoms with Crippen molar-refractivity contribution in [1.82, 2.24) is 10.6 Å². The maximum Gasteiger partial charge on any atom is 0.319 e. The lowest BCUT2D eigenvalue weighted by Gasteiger charge is -2.17. The zero-order chi connectivity index (χ0) is 19.1. The number of thiol groups is 1. The maximum atomic E-state index is 12.5. The number of carbonyl (C=O) groups is 3. The first-order valence-electron chi connectivity index (χ1n) is 7.74. The molecule has 0 aromatic heterocycles. The van der Waals surface area contributed by atoms with Crippen LogP contribution in [0.15, 0.2) is 29.4 Å². The molecule has 140 valence electrons. The molecule has 1 atom stereocenters. The largest absolute Gasteiger partial charge is 0.409 e. The van der Waals surface area contributed by atoms with Crippen molar-refractivity contribution < 1.29 is 23.8 Å². The molecule has 1 heterocycles. The zero-order valence-electron chi connectivity index (χ0n) is 13.7. The van der Waals surface area contributed by atoms with Crippen molar-refractivity contribution in [3.8, 4) is 0 Å². The van der Waals surface area contributed by atoms with Crippen molar-refractivity contribution in [3.63, 3.8) is 0 Å². The monoisotopic (exact) mass is 381 g/mol. The minimum Gasteiger partial charge on any atom is -0.409 e. The van der Waals surface area contributed by atoms with Gasteiger partial charge < -0.3 is 30.7 Å². The average molecular weight is 381 g/mol. The summed E-state index contributed by atoms with van der Waals surface area (Å²) in [7, 11) is 0. The number of benzene rings is 1. The van der Waals surface area contributed by atoms with Crippen molar-refractivity contribution >= 4 is 42.3 Å². The van der Waals surface area contributed by atoms with E-state index in [-0.39, 0.29) is 24.7 Å². The van der Waals surface area contributed by atoms with Gasteiger partial charge in [0.1, 0.15) is 6.04 Å². The smallest absolute Gasteiger partial charge is 0.319 e. The van der Waals surface area contributed by atoms with Gasteiger partial charge >= 0.3 is 12.0 Å². The van der Waals surface area contributed by atoms with Gasteiger partial charge in [-0.15, -0.1) is 0 Å².